The number of aliphatic hydroxyl groups excluding tert-OH is 1. The lowest BCUT2D eigenvalue weighted by molar-refractivity contribution is -0.117. The van der Waals surface area contributed by atoms with Crippen molar-refractivity contribution in [3.8, 4) is 5.75 Å². The fourth-order valence-electron chi connectivity index (χ4n) is 3.56. The van der Waals surface area contributed by atoms with Crippen molar-refractivity contribution in [1.29, 1.82) is 0 Å². The molecule has 6 heteroatoms. The van der Waals surface area contributed by atoms with E-state index in [2.05, 4.69) is 0 Å². The number of carbonyl (C=O) groups is 2. The number of methoxy groups -OCH3 is 1. The number of aryl methyl sites for hydroxylation is 1. The molecule has 1 amide bonds. The highest BCUT2D eigenvalue weighted by Gasteiger charge is 2.44. The van der Waals surface area contributed by atoms with Gasteiger partial charge >= 0.3 is 0 Å². The van der Waals surface area contributed by atoms with Crippen LogP contribution in [0.2, 0.25) is 0 Å². The lowest BCUT2D eigenvalue weighted by Crippen LogP contribution is -2.31. The van der Waals surface area contributed by atoms with E-state index in [9.17, 15) is 14.7 Å². The Hall–Kier alpha value is -3.38. The SMILES string of the molecule is COc1cccc(N2C(=O)C(O)=C(C(=O)c3cccs3)C2c2cccc(C)c2)c1. The third-order valence-corrected chi connectivity index (χ3v) is 5.76. The van der Waals surface area contributed by atoms with Crippen LogP contribution in [0, 0.1) is 6.92 Å². The van der Waals surface area contributed by atoms with Crippen molar-refractivity contribution in [3.05, 3.63) is 93.4 Å². The first-order chi connectivity index (χ1) is 14.0. The highest BCUT2D eigenvalue weighted by atomic mass is 32.1. The predicted octanol–water partition coefficient (Wildman–Crippen LogP) is 4.85. The minimum atomic E-state index is -0.732. The Morgan fingerprint density at radius 1 is 1.10 bits per heavy atom. The highest BCUT2D eigenvalue weighted by molar-refractivity contribution is 7.12. The Morgan fingerprint density at radius 3 is 2.59 bits per heavy atom. The van der Waals surface area contributed by atoms with Crippen molar-refractivity contribution in [2.45, 2.75) is 13.0 Å². The summed E-state index contributed by atoms with van der Waals surface area (Å²) in [6.45, 7) is 1.94. The van der Waals surface area contributed by atoms with Gasteiger partial charge in [0.15, 0.2) is 5.76 Å². The molecule has 29 heavy (non-hydrogen) atoms. The molecule has 2 aromatic carbocycles. The topological polar surface area (TPSA) is 66.8 Å². The number of hydrogen-bond acceptors (Lipinski definition) is 5. The predicted molar refractivity (Wildman–Crippen MR) is 113 cm³/mol. The molecule has 0 radical (unpaired) electrons. The van der Waals surface area contributed by atoms with Crippen LogP contribution >= 0.6 is 11.3 Å². The number of nitrogens with zero attached hydrogens (tertiary/aromatic N) is 1. The van der Waals surface area contributed by atoms with Crippen LogP contribution < -0.4 is 9.64 Å². The van der Waals surface area contributed by atoms with Gasteiger partial charge in [-0.25, -0.2) is 0 Å². The molecule has 0 saturated heterocycles. The average Bonchev–Trinajstić information content (AvgIpc) is 3.35. The van der Waals surface area contributed by atoms with E-state index in [1.165, 1.54) is 16.2 Å². The molecule has 1 atom stereocenters. The molecule has 1 aliphatic heterocycles. The van der Waals surface area contributed by atoms with Gasteiger partial charge in [0.2, 0.25) is 5.78 Å². The quantitative estimate of drug-likeness (QED) is 0.617. The maximum atomic E-state index is 13.2. The normalized spacial score (nSPS) is 16.4. The summed E-state index contributed by atoms with van der Waals surface area (Å²) in [6.07, 6.45) is 0. The molecule has 4 rings (SSSR count). The standard InChI is InChI=1S/C23H19NO4S/c1-14-6-3-7-15(12-14)20-19(21(25)18-10-5-11-29-18)22(26)23(27)24(20)16-8-4-9-17(13-16)28-2/h3-13,20,26H,1-2H3. The van der Waals surface area contributed by atoms with Gasteiger partial charge in [0.05, 0.1) is 23.6 Å². The Morgan fingerprint density at radius 2 is 1.90 bits per heavy atom. The molecule has 0 aliphatic carbocycles. The monoisotopic (exact) mass is 405 g/mol. The summed E-state index contributed by atoms with van der Waals surface area (Å²) in [6, 6.07) is 17.4. The van der Waals surface area contributed by atoms with Gasteiger partial charge in [0.25, 0.3) is 5.91 Å². The number of amides is 1. The third-order valence-electron chi connectivity index (χ3n) is 4.89. The molecule has 1 N–H and O–H groups in total. The maximum Gasteiger partial charge on any atom is 0.294 e. The van der Waals surface area contributed by atoms with Crippen LogP contribution in [0.4, 0.5) is 5.69 Å². The zero-order valence-electron chi connectivity index (χ0n) is 16.0. The molecule has 0 spiro atoms. The van der Waals surface area contributed by atoms with Crippen LogP contribution in [0.3, 0.4) is 0 Å². The number of benzene rings is 2. The number of hydrogen-bond donors (Lipinski definition) is 1. The highest BCUT2D eigenvalue weighted by Crippen LogP contribution is 2.43. The summed E-state index contributed by atoms with van der Waals surface area (Å²) in [7, 11) is 1.55. The van der Waals surface area contributed by atoms with Crippen LogP contribution in [0.25, 0.3) is 0 Å². The van der Waals surface area contributed by atoms with E-state index in [0.29, 0.717) is 16.3 Å². The van der Waals surface area contributed by atoms with Crippen LogP contribution in [0.5, 0.6) is 5.75 Å². The van der Waals surface area contributed by atoms with Crippen molar-refractivity contribution in [1.82, 2.24) is 0 Å². The molecule has 0 saturated carbocycles. The molecule has 0 bridgehead atoms. The van der Waals surface area contributed by atoms with Crippen molar-refractivity contribution in [2.75, 3.05) is 12.0 Å². The molecule has 2 heterocycles. The van der Waals surface area contributed by atoms with Gasteiger partial charge in [-0.05, 0) is 36.1 Å². The zero-order chi connectivity index (χ0) is 20.5. The number of ketones is 1. The van der Waals surface area contributed by atoms with Gasteiger partial charge in [-0.1, -0.05) is 42.0 Å². The second kappa shape index (κ2) is 7.56. The first kappa shape index (κ1) is 19.0. The van der Waals surface area contributed by atoms with Crippen molar-refractivity contribution in [3.63, 3.8) is 0 Å². The smallest absolute Gasteiger partial charge is 0.294 e. The van der Waals surface area contributed by atoms with Gasteiger partial charge in [-0.15, -0.1) is 11.3 Å². The summed E-state index contributed by atoms with van der Waals surface area (Å²) in [5.41, 5.74) is 2.38. The molecule has 1 unspecified atom stereocenters. The van der Waals surface area contributed by atoms with Crippen LogP contribution in [0.15, 0.2) is 77.4 Å². The number of ether oxygens (including phenoxy) is 1. The number of rotatable bonds is 5. The summed E-state index contributed by atoms with van der Waals surface area (Å²) < 4.78 is 5.29. The van der Waals surface area contributed by atoms with Crippen LogP contribution in [-0.2, 0) is 4.79 Å². The first-order valence-electron chi connectivity index (χ1n) is 9.06. The van der Waals surface area contributed by atoms with E-state index in [0.717, 1.165) is 11.1 Å². The number of carbonyl (C=O) groups excluding carboxylic acids is 2. The number of aliphatic hydroxyl groups is 1. The Labute approximate surface area is 172 Å². The first-order valence-corrected chi connectivity index (χ1v) is 9.94. The third kappa shape index (κ3) is 3.32. The van der Waals surface area contributed by atoms with Gasteiger partial charge < -0.3 is 9.84 Å². The number of thiophene rings is 1. The average molecular weight is 405 g/mol. The molecule has 1 aliphatic rings. The van der Waals surface area contributed by atoms with E-state index in [-0.39, 0.29) is 11.4 Å². The van der Waals surface area contributed by atoms with Crippen molar-refractivity contribution in [2.24, 2.45) is 0 Å². The molecule has 0 fully saturated rings. The van der Waals surface area contributed by atoms with Gasteiger partial charge in [-0.2, -0.15) is 0 Å². The van der Waals surface area contributed by atoms with Crippen molar-refractivity contribution >= 4 is 28.7 Å². The Kier molecular flexibility index (Phi) is 4.94. The lowest BCUT2D eigenvalue weighted by atomic mass is 9.94. The molecule has 5 nitrogen and oxygen atoms in total. The largest absolute Gasteiger partial charge is 0.503 e. The minimum Gasteiger partial charge on any atom is -0.503 e. The maximum absolute atomic E-state index is 13.2. The van der Waals surface area contributed by atoms with Gasteiger partial charge in [-0.3, -0.25) is 14.5 Å². The van der Waals surface area contributed by atoms with E-state index < -0.39 is 17.7 Å². The second-order valence-corrected chi connectivity index (χ2v) is 7.71. The summed E-state index contributed by atoms with van der Waals surface area (Å²) in [5.74, 6) is -0.888. The molecular weight excluding hydrogens is 386 g/mol. The fraction of sp³-hybridized carbons (Fsp3) is 0.130. The number of Topliss-reactive ketones (excluding diaryl/α,β-unsaturated/α-hetero) is 1. The summed E-state index contributed by atoms with van der Waals surface area (Å²) in [5, 5.41) is 12.5. The lowest BCUT2D eigenvalue weighted by Gasteiger charge is -2.27. The van der Waals surface area contributed by atoms with Crippen LogP contribution in [-0.4, -0.2) is 23.9 Å². The fourth-order valence-corrected chi connectivity index (χ4v) is 4.24. The summed E-state index contributed by atoms with van der Waals surface area (Å²) in [4.78, 5) is 28.2. The van der Waals surface area contributed by atoms with Gasteiger partial charge in [0.1, 0.15) is 5.75 Å². The molecule has 1 aromatic heterocycles. The van der Waals surface area contributed by atoms with Crippen molar-refractivity contribution < 1.29 is 19.4 Å². The zero-order valence-corrected chi connectivity index (χ0v) is 16.8. The molecule has 146 valence electrons. The van der Waals surface area contributed by atoms with Crippen LogP contribution in [0.1, 0.15) is 26.8 Å². The van der Waals surface area contributed by atoms with Gasteiger partial charge in [0, 0.05) is 11.8 Å². The minimum absolute atomic E-state index is 0.0888. The number of anilines is 1. The molecule has 3 aromatic rings. The second-order valence-electron chi connectivity index (χ2n) is 6.76. The Balaban J connectivity index is 1.89. The summed E-state index contributed by atoms with van der Waals surface area (Å²) >= 11 is 1.28. The van der Waals surface area contributed by atoms with E-state index in [1.807, 2.05) is 31.2 Å². The molecular formula is C23H19NO4S. The van der Waals surface area contributed by atoms with E-state index >= 15 is 0 Å². The van der Waals surface area contributed by atoms with E-state index in [4.69, 9.17) is 4.74 Å². The Bertz CT molecular complexity index is 1120. The van der Waals surface area contributed by atoms with E-state index in [1.54, 1.807) is 48.9 Å².